The van der Waals surface area contributed by atoms with E-state index < -0.39 is 0 Å². The van der Waals surface area contributed by atoms with Crippen LogP contribution >= 0.6 is 0 Å². The molecule has 0 atom stereocenters. The van der Waals surface area contributed by atoms with Crippen molar-refractivity contribution in [3.63, 3.8) is 0 Å². The summed E-state index contributed by atoms with van der Waals surface area (Å²) < 4.78 is 2.48. The van der Waals surface area contributed by atoms with Crippen molar-refractivity contribution in [1.82, 2.24) is 14.5 Å². The van der Waals surface area contributed by atoms with Gasteiger partial charge in [-0.15, -0.1) is 0 Å². The van der Waals surface area contributed by atoms with Crippen LogP contribution < -0.4 is 0 Å². The standard InChI is InChI=1S/C15H17N3/c1-2-4-12(5-3-1)18-9-7-11-10-17-15-13(14(11)18)6-8-16-15/h6-10,12H,1-5H2,(H,16,17). The van der Waals surface area contributed by atoms with Gasteiger partial charge in [0.15, 0.2) is 0 Å². The van der Waals surface area contributed by atoms with Crippen molar-refractivity contribution in [2.24, 2.45) is 0 Å². The Kier molecular flexibility index (Phi) is 2.19. The predicted octanol–water partition coefficient (Wildman–Crippen LogP) is 4.02. The van der Waals surface area contributed by atoms with E-state index in [1.807, 2.05) is 12.4 Å². The number of aromatic amines is 1. The highest BCUT2D eigenvalue weighted by molar-refractivity contribution is 6.02. The van der Waals surface area contributed by atoms with Crippen LogP contribution in [0.4, 0.5) is 0 Å². The highest BCUT2D eigenvalue weighted by Crippen LogP contribution is 2.33. The van der Waals surface area contributed by atoms with Crippen molar-refractivity contribution in [3.05, 3.63) is 30.7 Å². The van der Waals surface area contributed by atoms with Crippen molar-refractivity contribution in [2.75, 3.05) is 0 Å². The smallest absolute Gasteiger partial charge is 0.139 e. The largest absolute Gasteiger partial charge is 0.346 e. The van der Waals surface area contributed by atoms with Gasteiger partial charge in [0.1, 0.15) is 5.65 Å². The summed E-state index contributed by atoms with van der Waals surface area (Å²) in [4.78, 5) is 7.67. The maximum absolute atomic E-state index is 4.46. The number of hydrogen-bond acceptors (Lipinski definition) is 1. The van der Waals surface area contributed by atoms with Crippen LogP contribution in [0.2, 0.25) is 0 Å². The lowest BCUT2D eigenvalue weighted by Crippen LogP contribution is -2.11. The van der Waals surface area contributed by atoms with Gasteiger partial charge in [0.05, 0.1) is 5.52 Å². The van der Waals surface area contributed by atoms with Gasteiger partial charge in [-0.25, -0.2) is 4.98 Å². The molecule has 18 heavy (non-hydrogen) atoms. The highest BCUT2D eigenvalue weighted by atomic mass is 15.0. The molecule has 3 heteroatoms. The molecule has 0 saturated heterocycles. The van der Waals surface area contributed by atoms with Crippen LogP contribution in [0.1, 0.15) is 38.1 Å². The summed E-state index contributed by atoms with van der Waals surface area (Å²) in [5, 5.41) is 2.51. The summed E-state index contributed by atoms with van der Waals surface area (Å²) in [6.07, 6.45) is 13.0. The zero-order chi connectivity index (χ0) is 11.9. The molecule has 0 aliphatic heterocycles. The Morgan fingerprint density at radius 1 is 1.17 bits per heavy atom. The van der Waals surface area contributed by atoms with Gasteiger partial charge in [0, 0.05) is 35.4 Å². The fourth-order valence-electron chi connectivity index (χ4n) is 3.32. The number of nitrogens with one attached hydrogen (secondary N) is 1. The molecule has 1 aliphatic rings. The molecule has 1 N–H and O–H groups in total. The zero-order valence-corrected chi connectivity index (χ0v) is 10.4. The molecule has 0 unspecified atom stereocenters. The fourth-order valence-corrected chi connectivity index (χ4v) is 3.32. The number of fused-ring (bicyclic) bond motifs is 3. The van der Waals surface area contributed by atoms with Gasteiger partial charge in [0.2, 0.25) is 0 Å². The van der Waals surface area contributed by atoms with Gasteiger partial charge in [-0.2, -0.15) is 0 Å². The molecule has 0 amide bonds. The molecule has 4 rings (SSSR count). The van der Waals surface area contributed by atoms with Gasteiger partial charge in [-0.3, -0.25) is 0 Å². The average Bonchev–Trinajstić information content (AvgIpc) is 3.05. The Hall–Kier alpha value is -1.77. The second-order valence-electron chi connectivity index (χ2n) is 5.32. The summed E-state index contributed by atoms with van der Waals surface area (Å²) in [6, 6.07) is 5.02. The SMILES string of the molecule is c1cc2c(ncc3ccn(C4CCCCC4)c32)[nH]1. The van der Waals surface area contributed by atoms with Crippen LogP contribution in [0, 0.1) is 0 Å². The van der Waals surface area contributed by atoms with Crippen LogP contribution in [0.3, 0.4) is 0 Å². The van der Waals surface area contributed by atoms with Crippen molar-refractivity contribution in [3.8, 4) is 0 Å². The van der Waals surface area contributed by atoms with Crippen LogP contribution in [0.5, 0.6) is 0 Å². The second kappa shape index (κ2) is 3.87. The van der Waals surface area contributed by atoms with Crippen molar-refractivity contribution in [2.45, 2.75) is 38.1 Å². The van der Waals surface area contributed by atoms with Crippen molar-refractivity contribution in [1.29, 1.82) is 0 Å². The first-order chi connectivity index (χ1) is 8.93. The highest BCUT2D eigenvalue weighted by Gasteiger charge is 2.18. The third kappa shape index (κ3) is 1.40. The summed E-state index contributed by atoms with van der Waals surface area (Å²) in [6.45, 7) is 0. The first-order valence-electron chi connectivity index (χ1n) is 6.86. The van der Waals surface area contributed by atoms with E-state index in [1.54, 1.807) is 0 Å². The van der Waals surface area contributed by atoms with Gasteiger partial charge >= 0.3 is 0 Å². The van der Waals surface area contributed by atoms with Gasteiger partial charge in [-0.1, -0.05) is 19.3 Å². The third-order valence-electron chi connectivity index (χ3n) is 4.23. The Bertz CT molecular complexity index is 686. The van der Waals surface area contributed by atoms with Crippen LogP contribution in [-0.2, 0) is 0 Å². The molecule has 3 nitrogen and oxygen atoms in total. The van der Waals surface area contributed by atoms with Crippen molar-refractivity contribution < 1.29 is 0 Å². The summed E-state index contributed by atoms with van der Waals surface area (Å²) in [5.74, 6) is 0. The van der Waals surface area contributed by atoms with E-state index in [-0.39, 0.29) is 0 Å². The molecule has 1 fully saturated rings. The molecule has 0 bridgehead atoms. The number of rotatable bonds is 1. The second-order valence-corrected chi connectivity index (χ2v) is 5.32. The maximum Gasteiger partial charge on any atom is 0.139 e. The van der Waals surface area contributed by atoms with E-state index in [4.69, 9.17) is 0 Å². The lowest BCUT2D eigenvalue weighted by molar-refractivity contribution is 0.361. The Balaban J connectivity index is 1.96. The fraction of sp³-hybridized carbons (Fsp3) is 0.400. The van der Waals surface area contributed by atoms with E-state index in [1.165, 1.54) is 48.4 Å². The number of H-pyrrole nitrogens is 1. The minimum absolute atomic E-state index is 0.678. The molecule has 0 radical (unpaired) electrons. The first kappa shape index (κ1) is 10.2. The predicted molar refractivity (Wildman–Crippen MR) is 73.7 cm³/mol. The first-order valence-corrected chi connectivity index (χ1v) is 6.86. The van der Waals surface area contributed by atoms with Crippen molar-refractivity contribution >= 4 is 21.9 Å². The quantitative estimate of drug-likeness (QED) is 0.683. The zero-order valence-electron chi connectivity index (χ0n) is 10.4. The molecule has 3 aromatic rings. The molecular weight excluding hydrogens is 222 g/mol. The lowest BCUT2D eigenvalue weighted by Gasteiger charge is -2.24. The lowest BCUT2D eigenvalue weighted by atomic mass is 9.95. The van der Waals surface area contributed by atoms with E-state index in [0.29, 0.717) is 6.04 Å². The Morgan fingerprint density at radius 2 is 2.06 bits per heavy atom. The average molecular weight is 239 g/mol. The monoisotopic (exact) mass is 239 g/mol. The van der Waals surface area contributed by atoms with E-state index in [0.717, 1.165) is 5.65 Å². The number of pyridine rings is 1. The Morgan fingerprint density at radius 3 is 2.94 bits per heavy atom. The summed E-state index contributed by atoms with van der Waals surface area (Å²) in [5.41, 5.74) is 2.35. The summed E-state index contributed by atoms with van der Waals surface area (Å²) >= 11 is 0. The molecule has 1 saturated carbocycles. The molecule has 92 valence electrons. The van der Waals surface area contributed by atoms with E-state index in [2.05, 4.69) is 32.9 Å². The Labute approximate surface area is 106 Å². The third-order valence-corrected chi connectivity index (χ3v) is 4.23. The molecule has 0 aromatic carbocycles. The maximum atomic E-state index is 4.46. The van der Waals surface area contributed by atoms with Gasteiger partial charge in [0.25, 0.3) is 0 Å². The van der Waals surface area contributed by atoms with E-state index >= 15 is 0 Å². The molecule has 1 aliphatic carbocycles. The summed E-state index contributed by atoms with van der Waals surface area (Å²) in [7, 11) is 0. The number of aromatic nitrogens is 3. The minimum atomic E-state index is 0.678. The molecular formula is C15H17N3. The van der Waals surface area contributed by atoms with E-state index in [9.17, 15) is 0 Å². The number of nitrogens with zero attached hydrogens (tertiary/aromatic N) is 2. The van der Waals surface area contributed by atoms with Crippen LogP contribution in [0.15, 0.2) is 30.7 Å². The number of hydrogen-bond donors (Lipinski definition) is 1. The normalized spacial score (nSPS) is 17.8. The molecule has 3 heterocycles. The minimum Gasteiger partial charge on any atom is -0.346 e. The van der Waals surface area contributed by atoms with Gasteiger partial charge < -0.3 is 9.55 Å². The topological polar surface area (TPSA) is 33.6 Å². The molecule has 3 aromatic heterocycles. The van der Waals surface area contributed by atoms with Gasteiger partial charge in [-0.05, 0) is 25.0 Å². The van der Waals surface area contributed by atoms with Crippen LogP contribution in [0.25, 0.3) is 21.9 Å². The molecule has 0 spiro atoms. The van der Waals surface area contributed by atoms with Crippen LogP contribution in [-0.4, -0.2) is 14.5 Å².